The van der Waals surface area contributed by atoms with Gasteiger partial charge >= 0.3 is 8.80 Å². The van der Waals surface area contributed by atoms with Crippen LogP contribution in [0.25, 0.3) is 0 Å². The van der Waals surface area contributed by atoms with Gasteiger partial charge in [-0.2, -0.15) is 0 Å². The van der Waals surface area contributed by atoms with Crippen molar-refractivity contribution in [2.75, 3.05) is 19.8 Å². The highest BCUT2D eigenvalue weighted by Gasteiger charge is 2.48. The number of rotatable bonds is 10. The van der Waals surface area contributed by atoms with E-state index in [1.54, 1.807) is 0 Å². The SMILES string of the molecule is CCCO[Si](OCCC)(OCCC)C1CCCCCCC1. The van der Waals surface area contributed by atoms with Crippen molar-refractivity contribution in [2.24, 2.45) is 0 Å². The van der Waals surface area contributed by atoms with Crippen molar-refractivity contribution in [1.82, 2.24) is 0 Å². The molecule has 0 aromatic carbocycles. The molecular formula is C17H36O3Si. The molecule has 0 bridgehead atoms. The highest BCUT2D eigenvalue weighted by molar-refractivity contribution is 6.62. The van der Waals surface area contributed by atoms with Crippen LogP contribution in [0.1, 0.15) is 85.0 Å². The largest absolute Gasteiger partial charge is 0.504 e. The predicted molar refractivity (Wildman–Crippen MR) is 90.6 cm³/mol. The highest BCUT2D eigenvalue weighted by atomic mass is 28.4. The Morgan fingerprint density at radius 3 is 1.43 bits per heavy atom. The standard InChI is InChI=1S/C17H36O3Si/c1-4-14-18-21(19-15-5-2,20-16-6-3)17-12-10-8-7-9-11-13-17/h17H,4-16H2,1-3H3. The molecule has 0 radical (unpaired) electrons. The molecule has 0 amide bonds. The van der Waals surface area contributed by atoms with Crippen molar-refractivity contribution >= 4 is 8.80 Å². The minimum absolute atomic E-state index is 0.516. The lowest BCUT2D eigenvalue weighted by Crippen LogP contribution is -2.51. The lowest BCUT2D eigenvalue weighted by Gasteiger charge is -2.37. The fourth-order valence-electron chi connectivity index (χ4n) is 3.02. The maximum absolute atomic E-state index is 6.31. The van der Waals surface area contributed by atoms with Crippen molar-refractivity contribution < 1.29 is 13.3 Å². The maximum atomic E-state index is 6.31. The van der Waals surface area contributed by atoms with Crippen molar-refractivity contribution in [3.05, 3.63) is 0 Å². The van der Waals surface area contributed by atoms with E-state index in [-0.39, 0.29) is 0 Å². The van der Waals surface area contributed by atoms with Crippen LogP contribution < -0.4 is 0 Å². The van der Waals surface area contributed by atoms with E-state index < -0.39 is 8.80 Å². The Balaban J connectivity index is 2.80. The average Bonchev–Trinajstić information content (AvgIpc) is 2.47. The molecule has 3 nitrogen and oxygen atoms in total. The van der Waals surface area contributed by atoms with Crippen LogP contribution >= 0.6 is 0 Å². The Kier molecular flexibility index (Phi) is 10.6. The Hall–Kier alpha value is 0.0969. The summed E-state index contributed by atoms with van der Waals surface area (Å²) >= 11 is 0. The van der Waals surface area contributed by atoms with Gasteiger partial charge in [0.05, 0.1) is 0 Å². The Morgan fingerprint density at radius 1 is 0.667 bits per heavy atom. The molecule has 0 aromatic heterocycles. The van der Waals surface area contributed by atoms with Crippen LogP contribution in [0.5, 0.6) is 0 Å². The minimum Gasteiger partial charge on any atom is -0.373 e. The smallest absolute Gasteiger partial charge is 0.373 e. The molecule has 0 unspecified atom stereocenters. The van der Waals surface area contributed by atoms with Crippen LogP contribution in [0, 0.1) is 0 Å². The molecule has 0 heterocycles. The van der Waals surface area contributed by atoms with Gasteiger partial charge < -0.3 is 13.3 Å². The molecule has 1 saturated carbocycles. The summed E-state index contributed by atoms with van der Waals surface area (Å²) in [6.45, 7) is 8.81. The van der Waals surface area contributed by atoms with Crippen molar-refractivity contribution in [2.45, 2.75) is 90.5 Å². The Bertz CT molecular complexity index is 218. The number of hydrogen-bond donors (Lipinski definition) is 0. The van der Waals surface area contributed by atoms with Crippen LogP contribution in [0.2, 0.25) is 5.54 Å². The van der Waals surface area contributed by atoms with Crippen LogP contribution in [0.4, 0.5) is 0 Å². The molecule has 1 fully saturated rings. The first-order valence-electron chi connectivity index (χ1n) is 9.20. The van der Waals surface area contributed by atoms with Crippen molar-refractivity contribution in [1.29, 1.82) is 0 Å². The van der Waals surface area contributed by atoms with Gasteiger partial charge in [-0.25, -0.2) is 0 Å². The van der Waals surface area contributed by atoms with Gasteiger partial charge in [-0.05, 0) is 32.1 Å². The van der Waals surface area contributed by atoms with Crippen LogP contribution in [-0.2, 0) is 13.3 Å². The van der Waals surface area contributed by atoms with E-state index in [1.165, 1.54) is 44.9 Å². The van der Waals surface area contributed by atoms with Gasteiger partial charge in [0, 0.05) is 25.4 Å². The quantitative estimate of drug-likeness (QED) is 0.510. The third kappa shape index (κ3) is 6.81. The summed E-state index contributed by atoms with van der Waals surface area (Å²) in [4.78, 5) is 0. The van der Waals surface area contributed by atoms with Gasteiger partial charge in [0.2, 0.25) is 0 Å². The average molecular weight is 317 g/mol. The second-order valence-electron chi connectivity index (χ2n) is 6.19. The first-order chi connectivity index (χ1) is 10.3. The first kappa shape index (κ1) is 19.1. The van der Waals surface area contributed by atoms with Crippen LogP contribution in [0.15, 0.2) is 0 Å². The lowest BCUT2D eigenvalue weighted by molar-refractivity contribution is 0.0462. The zero-order valence-electron chi connectivity index (χ0n) is 14.5. The molecule has 1 aliphatic rings. The highest BCUT2D eigenvalue weighted by Crippen LogP contribution is 2.37. The summed E-state index contributed by atoms with van der Waals surface area (Å²) in [6, 6.07) is 0. The van der Waals surface area contributed by atoms with E-state index in [0.717, 1.165) is 39.1 Å². The second kappa shape index (κ2) is 11.6. The molecule has 0 aliphatic heterocycles. The molecule has 0 N–H and O–H groups in total. The lowest BCUT2D eigenvalue weighted by atomic mass is 10.0. The minimum atomic E-state index is -2.51. The molecule has 1 aliphatic carbocycles. The van der Waals surface area contributed by atoms with Gasteiger partial charge in [0.1, 0.15) is 0 Å². The Morgan fingerprint density at radius 2 is 1.05 bits per heavy atom. The zero-order chi connectivity index (χ0) is 15.4. The molecule has 126 valence electrons. The molecule has 21 heavy (non-hydrogen) atoms. The topological polar surface area (TPSA) is 27.7 Å². The summed E-state index contributed by atoms with van der Waals surface area (Å²) in [5, 5.41) is 0. The molecular weight excluding hydrogens is 280 g/mol. The second-order valence-corrected chi connectivity index (χ2v) is 9.08. The molecule has 0 aromatic rings. The zero-order valence-corrected chi connectivity index (χ0v) is 15.5. The van der Waals surface area contributed by atoms with E-state index in [4.69, 9.17) is 13.3 Å². The van der Waals surface area contributed by atoms with Gasteiger partial charge in [-0.15, -0.1) is 0 Å². The van der Waals surface area contributed by atoms with E-state index in [9.17, 15) is 0 Å². The van der Waals surface area contributed by atoms with Gasteiger partial charge in [-0.3, -0.25) is 0 Å². The van der Waals surface area contributed by atoms with Crippen LogP contribution in [0.3, 0.4) is 0 Å². The molecule has 4 heteroatoms. The normalized spacial score (nSPS) is 18.4. The third-order valence-electron chi connectivity index (χ3n) is 4.13. The Labute approximate surface area is 133 Å². The molecule has 1 rings (SSSR count). The van der Waals surface area contributed by atoms with E-state index in [0.29, 0.717) is 5.54 Å². The van der Waals surface area contributed by atoms with Gasteiger partial charge in [0.15, 0.2) is 0 Å². The summed E-state index contributed by atoms with van der Waals surface area (Å²) < 4.78 is 18.9. The summed E-state index contributed by atoms with van der Waals surface area (Å²) in [6.07, 6.45) is 12.3. The molecule has 0 atom stereocenters. The van der Waals surface area contributed by atoms with Crippen molar-refractivity contribution in [3.8, 4) is 0 Å². The van der Waals surface area contributed by atoms with E-state index in [2.05, 4.69) is 20.8 Å². The summed E-state index contributed by atoms with van der Waals surface area (Å²) in [5.41, 5.74) is 0.516. The van der Waals surface area contributed by atoms with E-state index in [1.807, 2.05) is 0 Å². The number of hydrogen-bond acceptors (Lipinski definition) is 3. The third-order valence-corrected chi connectivity index (χ3v) is 7.52. The van der Waals surface area contributed by atoms with E-state index >= 15 is 0 Å². The van der Waals surface area contributed by atoms with Crippen LogP contribution in [-0.4, -0.2) is 28.6 Å². The summed E-state index contributed by atoms with van der Waals surface area (Å²) in [5.74, 6) is 0. The monoisotopic (exact) mass is 316 g/mol. The molecule has 0 saturated heterocycles. The maximum Gasteiger partial charge on any atom is 0.504 e. The fourth-order valence-corrected chi connectivity index (χ4v) is 6.56. The molecule has 0 spiro atoms. The van der Waals surface area contributed by atoms with Crippen molar-refractivity contribution in [3.63, 3.8) is 0 Å². The van der Waals surface area contributed by atoms with Gasteiger partial charge in [0.25, 0.3) is 0 Å². The summed E-state index contributed by atoms with van der Waals surface area (Å²) in [7, 11) is -2.51. The fraction of sp³-hybridized carbons (Fsp3) is 1.00. The predicted octanol–water partition coefficient (Wildman–Crippen LogP) is 5.32. The van der Waals surface area contributed by atoms with Gasteiger partial charge in [-0.1, -0.05) is 52.9 Å². The first-order valence-corrected chi connectivity index (χ1v) is 11.0.